The molecule has 2 heterocycles. The van der Waals surface area contributed by atoms with Gasteiger partial charge < -0.3 is 15.4 Å². The lowest BCUT2D eigenvalue weighted by molar-refractivity contribution is -0.139. The number of pyridine rings is 1. The molecule has 1 atom stereocenters. The quantitative estimate of drug-likeness (QED) is 0.753. The van der Waals surface area contributed by atoms with Crippen LogP contribution >= 0.6 is 15.9 Å². The molecule has 0 aliphatic rings. The van der Waals surface area contributed by atoms with Crippen molar-refractivity contribution >= 4 is 27.8 Å². The van der Waals surface area contributed by atoms with Crippen LogP contribution in [0.3, 0.4) is 0 Å². The molecule has 7 nitrogen and oxygen atoms in total. The summed E-state index contributed by atoms with van der Waals surface area (Å²) in [5.74, 6) is -1.66. The molecule has 0 aliphatic carbocycles. The van der Waals surface area contributed by atoms with Crippen LogP contribution in [0.25, 0.3) is 0 Å². The monoisotopic (exact) mass is 338 g/mol. The number of nitrogens with one attached hydrogen (secondary N) is 2. The molecule has 0 saturated carbocycles. The maximum Gasteiger partial charge on any atom is 0.326 e. The van der Waals surface area contributed by atoms with Gasteiger partial charge in [0, 0.05) is 29.0 Å². The van der Waals surface area contributed by atoms with Gasteiger partial charge in [0.2, 0.25) is 0 Å². The predicted molar refractivity (Wildman–Crippen MR) is 73.1 cm³/mol. The molecule has 0 radical (unpaired) electrons. The van der Waals surface area contributed by atoms with Crippen LogP contribution in [0.5, 0.6) is 0 Å². The van der Waals surface area contributed by atoms with E-state index in [0.29, 0.717) is 5.69 Å². The minimum absolute atomic E-state index is 0.123. The molecule has 0 aromatic carbocycles. The Balaban J connectivity index is 2.06. The van der Waals surface area contributed by atoms with Crippen LogP contribution in [-0.2, 0) is 11.2 Å². The molecule has 2 rings (SSSR count). The molecule has 1 amide bonds. The van der Waals surface area contributed by atoms with Gasteiger partial charge in [0.25, 0.3) is 5.91 Å². The lowest BCUT2D eigenvalue weighted by Crippen LogP contribution is -2.42. The molecule has 104 valence electrons. The van der Waals surface area contributed by atoms with Crippen LogP contribution in [0.2, 0.25) is 0 Å². The molecule has 0 fully saturated rings. The molecule has 20 heavy (non-hydrogen) atoms. The first-order chi connectivity index (χ1) is 9.56. The molecule has 0 aliphatic heterocycles. The van der Waals surface area contributed by atoms with Crippen molar-refractivity contribution in [3.8, 4) is 0 Å². The van der Waals surface area contributed by atoms with Crippen molar-refractivity contribution in [1.29, 1.82) is 0 Å². The Morgan fingerprint density at radius 1 is 1.40 bits per heavy atom. The molecular formula is C12H11BrN4O3. The molecule has 2 aromatic heterocycles. The Kier molecular flexibility index (Phi) is 4.46. The highest BCUT2D eigenvalue weighted by Crippen LogP contribution is 2.08. The number of carbonyl (C=O) groups is 2. The standard InChI is InChI=1S/C12H11BrN4O3/c13-7-1-2-9(15-4-7)11(18)17-10(12(19)20)3-8-5-14-6-16-8/h1-2,4-6,10H,3H2,(H,14,16)(H,17,18)(H,19,20)/t10-/m1/s1. The van der Waals surface area contributed by atoms with Gasteiger partial charge in [-0.3, -0.25) is 4.79 Å². The van der Waals surface area contributed by atoms with Gasteiger partial charge in [-0.25, -0.2) is 14.8 Å². The molecule has 0 bridgehead atoms. The highest BCUT2D eigenvalue weighted by molar-refractivity contribution is 9.10. The third-order valence-electron chi connectivity index (χ3n) is 2.54. The van der Waals surface area contributed by atoms with Crippen LogP contribution in [0.4, 0.5) is 0 Å². The zero-order valence-electron chi connectivity index (χ0n) is 10.2. The number of amides is 1. The highest BCUT2D eigenvalue weighted by Gasteiger charge is 2.22. The minimum atomic E-state index is -1.12. The van der Waals surface area contributed by atoms with Crippen molar-refractivity contribution in [3.05, 3.63) is 46.7 Å². The number of carbonyl (C=O) groups excluding carboxylic acids is 1. The number of aromatic amines is 1. The number of imidazole rings is 1. The molecule has 2 aromatic rings. The Morgan fingerprint density at radius 3 is 2.75 bits per heavy atom. The summed E-state index contributed by atoms with van der Waals surface area (Å²) in [5.41, 5.74) is 0.783. The van der Waals surface area contributed by atoms with Crippen molar-refractivity contribution in [2.75, 3.05) is 0 Å². The average Bonchev–Trinajstić information content (AvgIpc) is 2.91. The summed E-state index contributed by atoms with van der Waals surface area (Å²) >= 11 is 3.21. The van der Waals surface area contributed by atoms with Crippen LogP contribution in [0, 0.1) is 0 Å². The summed E-state index contributed by atoms with van der Waals surface area (Å²) in [6.45, 7) is 0. The van der Waals surface area contributed by atoms with Crippen molar-refractivity contribution < 1.29 is 14.7 Å². The molecule has 0 spiro atoms. The van der Waals surface area contributed by atoms with Crippen molar-refractivity contribution in [3.63, 3.8) is 0 Å². The lowest BCUT2D eigenvalue weighted by atomic mass is 10.1. The smallest absolute Gasteiger partial charge is 0.326 e. The number of halogens is 1. The fourth-order valence-electron chi connectivity index (χ4n) is 1.56. The van der Waals surface area contributed by atoms with E-state index < -0.39 is 17.9 Å². The van der Waals surface area contributed by atoms with Crippen LogP contribution < -0.4 is 5.32 Å². The first-order valence-corrected chi connectivity index (χ1v) is 6.48. The van der Waals surface area contributed by atoms with Gasteiger partial charge in [-0.2, -0.15) is 0 Å². The Labute approximate surface area is 122 Å². The van der Waals surface area contributed by atoms with Crippen molar-refractivity contribution in [1.82, 2.24) is 20.3 Å². The van der Waals surface area contributed by atoms with E-state index in [1.807, 2.05) is 0 Å². The predicted octanol–water partition coefficient (Wildman–Crippen LogP) is 0.993. The SMILES string of the molecule is O=C(N[C@H](Cc1cnc[nH]1)C(=O)O)c1ccc(Br)cn1. The van der Waals surface area contributed by atoms with Gasteiger partial charge in [0.15, 0.2) is 0 Å². The highest BCUT2D eigenvalue weighted by atomic mass is 79.9. The zero-order chi connectivity index (χ0) is 14.5. The fourth-order valence-corrected chi connectivity index (χ4v) is 1.79. The van der Waals surface area contributed by atoms with E-state index in [4.69, 9.17) is 5.11 Å². The largest absolute Gasteiger partial charge is 0.480 e. The second-order valence-electron chi connectivity index (χ2n) is 4.01. The summed E-state index contributed by atoms with van der Waals surface area (Å²) in [5, 5.41) is 11.6. The number of carboxylic acids is 1. The van der Waals surface area contributed by atoms with E-state index in [0.717, 1.165) is 4.47 Å². The van der Waals surface area contributed by atoms with E-state index >= 15 is 0 Å². The first kappa shape index (κ1) is 14.2. The first-order valence-electron chi connectivity index (χ1n) is 5.68. The Bertz CT molecular complexity index is 598. The van der Waals surface area contributed by atoms with Gasteiger partial charge >= 0.3 is 5.97 Å². The second-order valence-corrected chi connectivity index (χ2v) is 4.92. The van der Waals surface area contributed by atoms with Gasteiger partial charge in [0.05, 0.1) is 6.33 Å². The Morgan fingerprint density at radius 2 is 2.20 bits per heavy atom. The normalized spacial score (nSPS) is 11.8. The van der Waals surface area contributed by atoms with Crippen molar-refractivity contribution in [2.24, 2.45) is 0 Å². The lowest BCUT2D eigenvalue weighted by Gasteiger charge is -2.13. The summed E-state index contributed by atoms with van der Waals surface area (Å²) in [6, 6.07) is 2.12. The van der Waals surface area contributed by atoms with Gasteiger partial charge in [-0.05, 0) is 28.1 Å². The summed E-state index contributed by atoms with van der Waals surface area (Å²) < 4.78 is 0.737. The topological polar surface area (TPSA) is 108 Å². The summed E-state index contributed by atoms with van der Waals surface area (Å²) in [4.78, 5) is 33.6. The molecular weight excluding hydrogens is 328 g/mol. The molecule has 8 heteroatoms. The number of aliphatic carboxylic acids is 1. The number of H-pyrrole nitrogens is 1. The van der Waals surface area contributed by atoms with Gasteiger partial charge in [-0.15, -0.1) is 0 Å². The fraction of sp³-hybridized carbons (Fsp3) is 0.167. The van der Waals surface area contributed by atoms with Crippen molar-refractivity contribution in [2.45, 2.75) is 12.5 Å². The van der Waals surface area contributed by atoms with Crippen LogP contribution in [0.1, 0.15) is 16.2 Å². The average molecular weight is 339 g/mol. The third kappa shape index (κ3) is 3.64. The number of nitrogens with zero attached hydrogens (tertiary/aromatic N) is 2. The molecule has 0 unspecified atom stereocenters. The number of rotatable bonds is 5. The van der Waals surface area contributed by atoms with Gasteiger partial charge in [0.1, 0.15) is 11.7 Å². The summed E-state index contributed by atoms with van der Waals surface area (Å²) in [7, 11) is 0. The van der Waals surface area contributed by atoms with Crippen LogP contribution in [0.15, 0.2) is 35.3 Å². The number of hydrogen-bond acceptors (Lipinski definition) is 4. The Hall–Kier alpha value is -2.22. The third-order valence-corrected chi connectivity index (χ3v) is 3.01. The maximum absolute atomic E-state index is 11.9. The molecule has 0 saturated heterocycles. The summed E-state index contributed by atoms with van der Waals surface area (Å²) in [6.07, 6.45) is 4.56. The minimum Gasteiger partial charge on any atom is -0.480 e. The maximum atomic E-state index is 11.9. The second kappa shape index (κ2) is 6.29. The van der Waals surface area contributed by atoms with Gasteiger partial charge in [-0.1, -0.05) is 0 Å². The number of aromatic nitrogens is 3. The van der Waals surface area contributed by atoms with E-state index in [1.54, 1.807) is 6.07 Å². The molecule has 3 N–H and O–H groups in total. The number of carboxylic acid groups (broad SMARTS) is 1. The zero-order valence-corrected chi connectivity index (χ0v) is 11.8. The number of hydrogen-bond donors (Lipinski definition) is 3. The van der Waals surface area contributed by atoms with Crippen LogP contribution in [-0.4, -0.2) is 38.0 Å². The van der Waals surface area contributed by atoms with E-state index in [9.17, 15) is 9.59 Å². The van der Waals surface area contributed by atoms with E-state index in [2.05, 4.69) is 36.2 Å². The van der Waals surface area contributed by atoms with E-state index in [1.165, 1.54) is 24.8 Å². The van der Waals surface area contributed by atoms with E-state index in [-0.39, 0.29) is 12.1 Å².